The number of rotatable bonds is 4. The molecule has 0 radical (unpaired) electrons. The molecule has 0 aromatic carbocycles. The summed E-state index contributed by atoms with van der Waals surface area (Å²) in [5, 5.41) is 7.77. The summed E-state index contributed by atoms with van der Waals surface area (Å²) < 4.78 is 1.65. The highest BCUT2D eigenvalue weighted by Gasteiger charge is 2.21. The maximum Gasteiger partial charge on any atom is 0.241 e. The highest BCUT2D eigenvalue weighted by Crippen LogP contribution is 2.27. The van der Waals surface area contributed by atoms with Crippen molar-refractivity contribution in [2.75, 3.05) is 6.54 Å². The minimum absolute atomic E-state index is 0.00849. The van der Waals surface area contributed by atoms with Crippen molar-refractivity contribution in [1.29, 1.82) is 0 Å². The highest BCUT2D eigenvalue weighted by atomic mass is 35.5. The average molecular weight is 242 g/mol. The first kappa shape index (κ1) is 11.5. The van der Waals surface area contributed by atoms with Gasteiger partial charge in [0.15, 0.2) is 0 Å². The van der Waals surface area contributed by atoms with E-state index in [1.807, 2.05) is 13.8 Å². The molecule has 1 saturated carbocycles. The molecule has 1 aromatic heterocycles. The molecule has 0 unspecified atom stereocenters. The summed E-state index contributed by atoms with van der Waals surface area (Å²) in [5.41, 5.74) is 1.62. The Balaban J connectivity index is 1.91. The smallest absolute Gasteiger partial charge is 0.241 e. The molecule has 16 heavy (non-hydrogen) atoms. The fraction of sp³-hybridized carbons (Fsp3) is 0.636. The molecule has 1 N–H and O–H groups in total. The van der Waals surface area contributed by atoms with Crippen LogP contribution in [0.4, 0.5) is 0 Å². The second-order valence-electron chi connectivity index (χ2n) is 4.39. The third-order valence-corrected chi connectivity index (χ3v) is 3.42. The largest absolute Gasteiger partial charge is 0.354 e. The molecule has 1 amide bonds. The van der Waals surface area contributed by atoms with Gasteiger partial charge in [-0.1, -0.05) is 11.6 Å². The van der Waals surface area contributed by atoms with E-state index in [-0.39, 0.29) is 12.5 Å². The lowest BCUT2D eigenvalue weighted by Gasteiger charge is -2.05. The number of nitrogens with one attached hydrogen (secondary N) is 1. The van der Waals surface area contributed by atoms with Crippen molar-refractivity contribution in [3.63, 3.8) is 0 Å². The number of halogens is 1. The Morgan fingerprint density at radius 1 is 1.56 bits per heavy atom. The van der Waals surface area contributed by atoms with E-state index < -0.39 is 0 Å². The molecule has 1 aliphatic rings. The van der Waals surface area contributed by atoms with E-state index in [2.05, 4.69) is 10.4 Å². The van der Waals surface area contributed by atoms with E-state index in [9.17, 15) is 4.79 Å². The standard InChI is InChI=1S/C11H16ClN3O/c1-7-11(12)8(2)15(14-7)6-10(16)13-5-9-3-4-9/h9H,3-6H2,1-2H3,(H,13,16). The molecule has 1 aromatic rings. The maximum atomic E-state index is 11.6. The predicted molar refractivity (Wildman–Crippen MR) is 62.4 cm³/mol. The van der Waals surface area contributed by atoms with Gasteiger partial charge >= 0.3 is 0 Å². The second-order valence-corrected chi connectivity index (χ2v) is 4.77. The fourth-order valence-corrected chi connectivity index (χ4v) is 1.74. The second kappa shape index (κ2) is 4.45. The Labute approximate surface area is 100.0 Å². The average Bonchev–Trinajstić information content (AvgIpc) is 3.03. The summed E-state index contributed by atoms with van der Waals surface area (Å²) in [6.45, 7) is 4.77. The molecular weight excluding hydrogens is 226 g/mol. The van der Waals surface area contributed by atoms with Crippen molar-refractivity contribution >= 4 is 17.5 Å². The van der Waals surface area contributed by atoms with Crippen LogP contribution in [0, 0.1) is 19.8 Å². The van der Waals surface area contributed by atoms with Crippen molar-refractivity contribution in [2.24, 2.45) is 5.92 Å². The van der Waals surface area contributed by atoms with Crippen LogP contribution in [0.15, 0.2) is 0 Å². The molecule has 1 aliphatic carbocycles. The summed E-state index contributed by atoms with van der Waals surface area (Å²) in [5.74, 6) is 0.710. The number of nitrogens with zero attached hydrogens (tertiary/aromatic N) is 2. The molecule has 0 saturated heterocycles. The van der Waals surface area contributed by atoms with Gasteiger partial charge in [0, 0.05) is 6.54 Å². The van der Waals surface area contributed by atoms with Gasteiger partial charge in [0.1, 0.15) is 6.54 Å². The van der Waals surface area contributed by atoms with Gasteiger partial charge in [-0.15, -0.1) is 0 Å². The van der Waals surface area contributed by atoms with E-state index >= 15 is 0 Å². The molecular formula is C11H16ClN3O. The molecule has 2 rings (SSSR count). The zero-order chi connectivity index (χ0) is 11.7. The Morgan fingerprint density at radius 3 is 2.75 bits per heavy atom. The van der Waals surface area contributed by atoms with Crippen LogP contribution in [0.3, 0.4) is 0 Å². The number of carbonyl (C=O) groups excluding carboxylic acids is 1. The Bertz CT molecular complexity index is 410. The Kier molecular flexibility index (Phi) is 3.19. The Morgan fingerprint density at radius 2 is 2.25 bits per heavy atom. The maximum absolute atomic E-state index is 11.6. The van der Waals surface area contributed by atoms with Crippen molar-refractivity contribution in [3.8, 4) is 0 Å². The van der Waals surface area contributed by atoms with Gasteiger partial charge < -0.3 is 5.32 Å². The van der Waals surface area contributed by atoms with Gasteiger partial charge in [-0.05, 0) is 32.6 Å². The molecule has 0 atom stereocenters. The topological polar surface area (TPSA) is 46.9 Å². The quantitative estimate of drug-likeness (QED) is 0.872. The summed E-state index contributed by atoms with van der Waals surface area (Å²) in [7, 11) is 0. The first-order chi connectivity index (χ1) is 7.58. The van der Waals surface area contributed by atoms with Crippen molar-refractivity contribution in [1.82, 2.24) is 15.1 Å². The fourth-order valence-electron chi connectivity index (χ4n) is 1.60. The van der Waals surface area contributed by atoms with Gasteiger partial charge in [-0.2, -0.15) is 5.10 Å². The SMILES string of the molecule is Cc1nn(CC(=O)NCC2CC2)c(C)c1Cl. The molecule has 88 valence electrons. The van der Waals surface area contributed by atoms with Crippen LogP contribution in [0.5, 0.6) is 0 Å². The van der Waals surface area contributed by atoms with E-state index in [1.165, 1.54) is 12.8 Å². The minimum atomic E-state index is 0.00849. The summed E-state index contributed by atoms with van der Waals surface area (Å²) in [4.78, 5) is 11.6. The number of hydrogen-bond acceptors (Lipinski definition) is 2. The van der Waals surface area contributed by atoms with Crippen molar-refractivity contribution in [3.05, 3.63) is 16.4 Å². The zero-order valence-corrected chi connectivity index (χ0v) is 10.3. The lowest BCUT2D eigenvalue weighted by Crippen LogP contribution is -2.30. The van der Waals surface area contributed by atoms with Crippen molar-refractivity contribution < 1.29 is 4.79 Å². The number of aryl methyl sites for hydroxylation is 1. The van der Waals surface area contributed by atoms with Crippen LogP contribution in [0.2, 0.25) is 5.02 Å². The third kappa shape index (κ3) is 2.55. The van der Waals surface area contributed by atoms with Crippen LogP contribution in [0.1, 0.15) is 24.2 Å². The monoisotopic (exact) mass is 241 g/mol. The predicted octanol–water partition coefficient (Wildman–Crippen LogP) is 1.68. The van der Waals surface area contributed by atoms with Crippen LogP contribution >= 0.6 is 11.6 Å². The van der Waals surface area contributed by atoms with Crippen LogP contribution in [-0.2, 0) is 11.3 Å². The van der Waals surface area contributed by atoms with E-state index in [0.29, 0.717) is 10.9 Å². The number of hydrogen-bond donors (Lipinski definition) is 1. The lowest BCUT2D eigenvalue weighted by molar-refractivity contribution is -0.121. The normalized spacial score (nSPS) is 15.2. The Hall–Kier alpha value is -1.03. The van der Waals surface area contributed by atoms with Gasteiger partial charge in [0.25, 0.3) is 0 Å². The van der Waals surface area contributed by atoms with Gasteiger partial charge in [-0.3, -0.25) is 9.48 Å². The minimum Gasteiger partial charge on any atom is -0.354 e. The molecule has 0 aliphatic heterocycles. The lowest BCUT2D eigenvalue weighted by atomic mass is 10.4. The van der Waals surface area contributed by atoms with Gasteiger partial charge in [0.2, 0.25) is 5.91 Å². The van der Waals surface area contributed by atoms with Crippen LogP contribution < -0.4 is 5.32 Å². The highest BCUT2D eigenvalue weighted by molar-refractivity contribution is 6.31. The molecule has 0 spiro atoms. The van der Waals surface area contributed by atoms with Crippen LogP contribution in [-0.4, -0.2) is 22.2 Å². The number of carbonyl (C=O) groups is 1. The molecule has 5 heteroatoms. The molecule has 4 nitrogen and oxygen atoms in total. The number of aromatic nitrogens is 2. The molecule has 1 fully saturated rings. The van der Waals surface area contributed by atoms with Gasteiger partial charge in [0.05, 0.1) is 16.4 Å². The summed E-state index contributed by atoms with van der Waals surface area (Å²) in [6.07, 6.45) is 2.48. The van der Waals surface area contributed by atoms with E-state index in [1.54, 1.807) is 4.68 Å². The number of amides is 1. The summed E-state index contributed by atoms with van der Waals surface area (Å²) >= 11 is 6.00. The first-order valence-corrected chi connectivity index (χ1v) is 5.92. The van der Waals surface area contributed by atoms with Crippen LogP contribution in [0.25, 0.3) is 0 Å². The first-order valence-electron chi connectivity index (χ1n) is 5.54. The third-order valence-electron chi connectivity index (χ3n) is 2.87. The van der Waals surface area contributed by atoms with E-state index in [0.717, 1.165) is 17.9 Å². The molecule has 1 heterocycles. The van der Waals surface area contributed by atoms with Crippen molar-refractivity contribution in [2.45, 2.75) is 33.2 Å². The molecule has 0 bridgehead atoms. The van der Waals surface area contributed by atoms with E-state index in [4.69, 9.17) is 11.6 Å². The zero-order valence-electron chi connectivity index (χ0n) is 9.59. The van der Waals surface area contributed by atoms with Gasteiger partial charge in [-0.25, -0.2) is 0 Å². The summed E-state index contributed by atoms with van der Waals surface area (Å²) in [6, 6.07) is 0.